The van der Waals surface area contributed by atoms with Crippen LogP contribution in [0.4, 0.5) is 0 Å². The molecule has 0 bridgehead atoms. The molecule has 1 N–H and O–H groups in total. The van der Waals surface area contributed by atoms with Crippen LogP contribution in [0.2, 0.25) is 0 Å². The van der Waals surface area contributed by atoms with Gasteiger partial charge in [0.05, 0.1) is 24.3 Å². The third-order valence-electron chi connectivity index (χ3n) is 3.71. The van der Waals surface area contributed by atoms with Gasteiger partial charge in [-0.1, -0.05) is 6.07 Å². The second-order valence-corrected chi connectivity index (χ2v) is 5.16. The fourth-order valence-electron chi connectivity index (χ4n) is 2.70. The summed E-state index contributed by atoms with van der Waals surface area (Å²) in [7, 11) is 1.95. The smallest absolute Gasteiger partial charge is 0.0955 e. The summed E-state index contributed by atoms with van der Waals surface area (Å²) in [6, 6.07) is 4.25. The highest BCUT2D eigenvalue weighted by atomic mass is 15.1. The molecular weight excluding hydrogens is 236 g/mol. The van der Waals surface area contributed by atoms with Crippen molar-refractivity contribution in [2.24, 2.45) is 0 Å². The van der Waals surface area contributed by atoms with Gasteiger partial charge >= 0.3 is 0 Å². The van der Waals surface area contributed by atoms with Crippen molar-refractivity contribution in [3.63, 3.8) is 0 Å². The van der Waals surface area contributed by atoms with Gasteiger partial charge in [0, 0.05) is 18.4 Å². The zero-order valence-corrected chi connectivity index (χ0v) is 11.4. The molecule has 2 heterocycles. The number of nitrogens with one attached hydrogen (secondary N) is 1. The number of rotatable bonds is 4. The number of aromatic nitrogens is 3. The highest BCUT2D eigenvalue weighted by Crippen LogP contribution is 2.20. The van der Waals surface area contributed by atoms with E-state index in [-0.39, 0.29) is 0 Å². The minimum absolute atomic E-state index is 0.835. The Morgan fingerprint density at radius 1 is 1.21 bits per heavy atom. The molecule has 1 aliphatic rings. The highest BCUT2D eigenvalue weighted by molar-refractivity contribution is 5.19. The Hall–Kier alpha value is -1.68. The molecule has 0 fully saturated rings. The van der Waals surface area contributed by atoms with E-state index in [0.29, 0.717) is 0 Å². The van der Waals surface area contributed by atoms with E-state index in [2.05, 4.69) is 32.0 Å². The van der Waals surface area contributed by atoms with Gasteiger partial charge in [-0.15, -0.1) is 0 Å². The van der Waals surface area contributed by atoms with Crippen LogP contribution in [0.1, 0.15) is 35.5 Å². The van der Waals surface area contributed by atoms with Gasteiger partial charge in [0.2, 0.25) is 0 Å². The van der Waals surface area contributed by atoms with Crippen LogP contribution in [0.5, 0.6) is 0 Å². The summed E-state index contributed by atoms with van der Waals surface area (Å²) in [6.07, 6.45) is 8.78. The van der Waals surface area contributed by atoms with Gasteiger partial charge in [-0.05, 0) is 44.4 Å². The van der Waals surface area contributed by atoms with Crippen molar-refractivity contribution in [2.75, 3.05) is 7.05 Å². The van der Waals surface area contributed by atoms with Crippen LogP contribution in [0.3, 0.4) is 0 Å². The fourth-order valence-corrected chi connectivity index (χ4v) is 2.70. The van der Waals surface area contributed by atoms with E-state index in [9.17, 15) is 0 Å². The summed E-state index contributed by atoms with van der Waals surface area (Å²) in [5.74, 6) is 0. The van der Waals surface area contributed by atoms with E-state index in [1.54, 1.807) is 0 Å². The average Bonchev–Trinajstić information content (AvgIpc) is 2.85. The first-order chi connectivity index (χ1) is 9.36. The maximum atomic E-state index is 4.53. The lowest BCUT2D eigenvalue weighted by atomic mass is 10.0. The average molecular weight is 256 g/mol. The molecule has 0 aromatic carbocycles. The van der Waals surface area contributed by atoms with E-state index in [1.165, 1.54) is 29.8 Å². The van der Waals surface area contributed by atoms with Crippen LogP contribution < -0.4 is 5.32 Å². The van der Waals surface area contributed by atoms with Crippen LogP contribution in [-0.2, 0) is 25.9 Å². The topological polar surface area (TPSA) is 42.7 Å². The Bertz CT molecular complexity index is 542. The summed E-state index contributed by atoms with van der Waals surface area (Å²) in [5, 5.41) is 3.13. The lowest BCUT2D eigenvalue weighted by Gasteiger charge is -2.13. The summed E-state index contributed by atoms with van der Waals surface area (Å²) in [5.41, 5.74) is 5.02. The third-order valence-corrected chi connectivity index (χ3v) is 3.71. The van der Waals surface area contributed by atoms with E-state index in [1.807, 2.05) is 19.6 Å². The van der Waals surface area contributed by atoms with Crippen molar-refractivity contribution < 1.29 is 0 Å². The molecule has 0 radical (unpaired) electrons. The van der Waals surface area contributed by atoms with E-state index < -0.39 is 0 Å². The zero-order chi connectivity index (χ0) is 13.1. The molecule has 0 saturated carbocycles. The van der Waals surface area contributed by atoms with E-state index >= 15 is 0 Å². The SMILES string of the molecule is CNCc1ccc(Cn2cnc3c2CCCC3)nc1. The number of hydrogen-bond acceptors (Lipinski definition) is 3. The van der Waals surface area contributed by atoms with Gasteiger partial charge in [0.15, 0.2) is 0 Å². The molecule has 0 atom stereocenters. The minimum Gasteiger partial charge on any atom is -0.328 e. The van der Waals surface area contributed by atoms with Crippen molar-refractivity contribution in [2.45, 2.75) is 38.8 Å². The van der Waals surface area contributed by atoms with Crippen LogP contribution in [0, 0.1) is 0 Å². The second-order valence-electron chi connectivity index (χ2n) is 5.16. The molecule has 19 heavy (non-hydrogen) atoms. The quantitative estimate of drug-likeness (QED) is 0.909. The highest BCUT2D eigenvalue weighted by Gasteiger charge is 2.15. The lowest BCUT2D eigenvalue weighted by molar-refractivity contribution is 0.625. The molecule has 0 spiro atoms. The van der Waals surface area contributed by atoms with E-state index in [0.717, 1.165) is 31.6 Å². The number of fused-ring (bicyclic) bond motifs is 1. The third kappa shape index (κ3) is 2.68. The summed E-state index contributed by atoms with van der Waals surface area (Å²) in [4.78, 5) is 9.06. The van der Waals surface area contributed by atoms with Crippen molar-refractivity contribution in [3.8, 4) is 0 Å². The molecule has 3 rings (SSSR count). The number of imidazole rings is 1. The molecule has 4 nitrogen and oxygen atoms in total. The van der Waals surface area contributed by atoms with Crippen LogP contribution >= 0.6 is 0 Å². The van der Waals surface area contributed by atoms with Crippen LogP contribution in [0.15, 0.2) is 24.7 Å². The molecule has 1 aliphatic carbocycles. The zero-order valence-electron chi connectivity index (χ0n) is 11.4. The van der Waals surface area contributed by atoms with Gasteiger partial charge in [0.1, 0.15) is 0 Å². The van der Waals surface area contributed by atoms with Gasteiger partial charge in [-0.2, -0.15) is 0 Å². The van der Waals surface area contributed by atoms with Gasteiger partial charge in [-0.25, -0.2) is 4.98 Å². The largest absolute Gasteiger partial charge is 0.328 e. The Kier molecular flexibility index (Phi) is 3.60. The second kappa shape index (κ2) is 5.53. The first kappa shape index (κ1) is 12.4. The molecule has 2 aromatic heterocycles. The predicted molar refractivity (Wildman–Crippen MR) is 75.0 cm³/mol. The molecule has 0 amide bonds. The summed E-state index contributed by atoms with van der Waals surface area (Å²) in [6.45, 7) is 1.70. The Morgan fingerprint density at radius 3 is 2.89 bits per heavy atom. The maximum Gasteiger partial charge on any atom is 0.0955 e. The Balaban J connectivity index is 1.75. The molecule has 0 aliphatic heterocycles. The van der Waals surface area contributed by atoms with Gasteiger partial charge in [-0.3, -0.25) is 4.98 Å². The van der Waals surface area contributed by atoms with Gasteiger partial charge in [0.25, 0.3) is 0 Å². The Morgan fingerprint density at radius 2 is 2.11 bits per heavy atom. The first-order valence-corrected chi connectivity index (χ1v) is 6.98. The van der Waals surface area contributed by atoms with Crippen molar-refractivity contribution in [3.05, 3.63) is 47.3 Å². The predicted octanol–water partition coefficient (Wildman–Crippen LogP) is 1.92. The maximum absolute atomic E-state index is 4.53. The van der Waals surface area contributed by atoms with Crippen LogP contribution in [-0.4, -0.2) is 21.6 Å². The van der Waals surface area contributed by atoms with Crippen molar-refractivity contribution in [1.82, 2.24) is 19.9 Å². The normalized spacial score (nSPS) is 14.4. The number of nitrogens with zero attached hydrogens (tertiary/aromatic N) is 3. The van der Waals surface area contributed by atoms with Crippen molar-refractivity contribution >= 4 is 0 Å². The minimum atomic E-state index is 0.835. The van der Waals surface area contributed by atoms with Gasteiger partial charge < -0.3 is 9.88 Å². The molecule has 2 aromatic rings. The van der Waals surface area contributed by atoms with Crippen LogP contribution in [0.25, 0.3) is 0 Å². The monoisotopic (exact) mass is 256 g/mol. The number of pyridine rings is 1. The molecule has 0 unspecified atom stereocenters. The Labute approximate surface area is 113 Å². The fraction of sp³-hybridized carbons (Fsp3) is 0.467. The first-order valence-electron chi connectivity index (χ1n) is 6.98. The molecule has 4 heteroatoms. The molecule has 100 valence electrons. The van der Waals surface area contributed by atoms with E-state index in [4.69, 9.17) is 0 Å². The standard InChI is InChI=1S/C15H20N4/c1-16-8-12-6-7-13(17-9-12)10-19-11-18-14-4-2-3-5-15(14)19/h6-7,9,11,16H,2-5,8,10H2,1H3. The molecule has 0 saturated heterocycles. The number of aryl methyl sites for hydroxylation is 1. The number of hydrogen-bond donors (Lipinski definition) is 1. The molecular formula is C15H20N4. The summed E-state index contributed by atoms with van der Waals surface area (Å²) < 4.78 is 2.26. The van der Waals surface area contributed by atoms with Crippen molar-refractivity contribution in [1.29, 1.82) is 0 Å². The lowest BCUT2D eigenvalue weighted by Crippen LogP contribution is -2.10. The summed E-state index contributed by atoms with van der Waals surface area (Å²) >= 11 is 0.